The van der Waals surface area contributed by atoms with E-state index in [-0.39, 0.29) is 0 Å². The zero-order chi connectivity index (χ0) is 14.0. The molecule has 1 heterocycles. The zero-order valence-corrected chi connectivity index (χ0v) is 11.7. The van der Waals surface area contributed by atoms with Gasteiger partial charge in [0.25, 0.3) is 0 Å². The highest BCUT2D eigenvalue weighted by atomic mass is 16.3. The van der Waals surface area contributed by atoms with E-state index in [0.717, 1.165) is 50.2 Å². The number of aliphatic hydroxyl groups is 1. The molecule has 0 saturated heterocycles. The molecular weight excluding hydrogens is 254 g/mol. The molecule has 0 atom stereocenters. The van der Waals surface area contributed by atoms with E-state index in [9.17, 15) is 5.11 Å². The lowest BCUT2D eigenvalue weighted by Gasteiger charge is -2.32. The average molecular weight is 277 g/mol. The maximum atomic E-state index is 10.5. The van der Waals surface area contributed by atoms with Gasteiger partial charge < -0.3 is 15.8 Å². The van der Waals surface area contributed by atoms with Crippen LogP contribution >= 0.6 is 0 Å². The van der Waals surface area contributed by atoms with Crippen LogP contribution in [0.25, 0.3) is 0 Å². The summed E-state index contributed by atoms with van der Waals surface area (Å²) in [7, 11) is 0. The molecule has 0 aliphatic heterocycles. The lowest BCUT2D eigenvalue weighted by molar-refractivity contribution is 0.0166. The van der Waals surface area contributed by atoms with Gasteiger partial charge in [-0.2, -0.15) is 0 Å². The Balaban J connectivity index is 1.68. The van der Waals surface area contributed by atoms with Crippen LogP contribution in [0.1, 0.15) is 56.7 Å². The van der Waals surface area contributed by atoms with Crippen molar-refractivity contribution in [3.8, 4) is 0 Å². The molecule has 0 amide bonds. The van der Waals surface area contributed by atoms with Gasteiger partial charge in [-0.15, -0.1) is 0 Å². The number of nitrogens with zero attached hydrogens (tertiary/aromatic N) is 2. The highest BCUT2D eigenvalue weighted by Gasteiger charge is 2.30. The van der Waals surface area contributed by atoms with Crippen molar-refractivity contribution < 1.29 is 5.11 Å². The van der Waals surface area contributed by atoms with Crippen molar-refractivity contribution in [2.45, 2.75) is 56.5 Å². The molecule has 1 aromatic rings. The summed E-state index contributed by atoms with van der Waals surface area (Å²) >= 11 is 0. The normalized spacial score (nSPS) is 21.5. The molecule has 2 fully saturated rings. The highest BCUT2D eigenvalue weighted by Crippen LogP contribution is 2.38. The molecule has 0 bridgehead atoms. The minimum Gasteiger partial charge on any atom is -0.388 e. The van der Waals surface area contributed by atoms with Gasteiger partial charge in [-0.25, -0.2) is 15.8 Å². The predicted molar refractivity (Wildman–Crippen MR) is 78.3 cm³/mol. The third kappa shape index (κ3) is 3.19. The number of anilines is 2. The molecule has 2 aliphatic rings. The van der Waals surface area contributed by atoms with Gasteiger partial charge in [0.2, 0.25) is 0 Å². The molecule has 0 radical (unpaired) electrons. The quantitative estimate of drug-likeness (QED) is 0.484. The maximum Gasteiger partial charge on any atom is 0.145 e. The summed E-state index contributed by atoms with van der Waals surface area (Å²) in [5, 5.41) is 13.8. The zero-order valence-electron chi connectivity index (χ0n) is 11.7. The molecule has 2 saturated carbocycles. The Morgan fingerprint density at radius 1 is 1.20 bits per heavy atom. The molecule has 1 aromatic heterocycles. The second kappa shape index (κ2) is 5.54. The molecule has 3 rings (SSSR count). The molecule has 6 heteroatoms. The van der Waals surface area contributed by atoms with E-state index in [1.807, 2.05) is 0 Å². The van der Waals surface area contributed by atoms with Crippen LogP contribution in [0, 0.1) is 0 Å². The summed E-state index contributed by atoms with van der Waals surface area (Å²) in [6, 6.07) is 1.79. The minimum absolute atomic E-state index is 0.474. The second-order valence-corrected chi connectivity index (χ2v) is 6.05. The standard InChI is InChI=1S/C14H23N5O/c15-19-12-8-11(17-13(18-12)10-4-5-10)16-9-14(20)6-2-1-3-7-14/h8,10,20H,1-7,9,15H2,(H2,16,17,18,19). The van der Waals surface area contributed by atoms with Gasteiger partial charge in [0, 0.05) is 18.5 Å². The summed E-state index contributed by atoms with van der Waals surface area (Å²) in [6.07, 6.45) is 7.46. The maximum absolute atomic E-state index is 10.5. The molecule has 0 aromatic carbocycles. The summed E-state index contributed by atoms with van der Waals surface area (Å²) in [5.41, 5.74) is 1.99. The van der Waals surface area contributed by atoms with Gasteiger partial charge >= 0.3 is 0 Å². The van der Waals surface area contributed by atoms with Crippen molar-refractivity contribution in [3.05, 3.63) is 11.9 Å². The van der Waals surface area contributed by atoms with E-state index >= 15 is 0 Å². The SMILES string of the molecule is NNc1cc(NCC2(O)CCCCC2)nc(C2CC2)n1. The molecule has 0 unspecified atom stereocenters. The Morgan fingerprint density at radius 2 is 1.90 bits per heavy atom. The van der Waals surface area contributed by atoms with Crippen molar-refractivity contribution in [2.75, 3.05) is 17.3 Å². The summed E-state index contributed by atoms with van der Waals surface area (Å²) in [6.45, 7) is 0.540. The number of nitrogens with one attached hydrogen (secondary N) is 2. The minimum atomic E-state index is -0.598. The van der Waals surface area contributed by atoms with E-state index in [0.29, 0.717) is 18.3 Å². The molecule has 6 nitrogen and oxygen atoms in total. The summed E-state index contributed by atoms with van der Waals surface area (Å²) in [4.78, 5) is 8.91. The Labute approximate surface area is 119 Å². The molecular formula is C14H23N5O. The number of aromatic nitrogens is 2. The molecule has 20 heavy (non-hydrogen) atoms. The first kappa shape index (κ1) is 13.6. The Bertz CT molecular complexity index is 469. The number of rotatable bonds is 5. The third-order valence-electron chi connectivity index (χ3n) is 4.22. The number of hydrazine groups is 1. The van der Waals surface area contributed by atoms with Crippen LogP contribution in [0.2, 0.25) is 0 Å². The predicted octanol–water partition coefficient (Wildman–Crippen LogP) is 1.75. The van der Waals surface area contributed by atoms with E-state index in [1.54, 1.807) is 6.07 Å². The van der Waals surface area contributed by atoms with Crippen molar-refractivity contribution in [1.82, 2.24) is 9.97 Å². The second-order valence-electron chi connectivity index (χ2n) is 6.05. The Morgan fingerprint density at radius 3 is 2.55 bits per heavy atom. The van der Waals surface area contributed by atoms with Crippen molar-refractivity contribution in [1.29, 1.82) is 0 Å². The van der Waals surface area contributed by atoms with Gasteiger partial charge in [-0.05, 0) is 25.7 Å². The Hall–Kier alpha value is -1.40. The van der Waals surface area contributed by atoms with Crippen LogP contribution < -0.4 is 16.6 Å². The fourth-order valence-electron chi connectivity index (χ4n) is 2.80. The van der Waals surface area contributed by atoms with Crippen LogP contribution in [-0.4, -0.2) is 27.2 Å². The van der Waals surface area contributed by atoms with E-state index in [1.165, 1.54) is 6.42 Å². The van der Waals surface area contributed by atoms with Crippen molar-refractivity contribution >= 4 is 11.6 Å². The van der Waals surface area contributed by atoms with Crippen LogP contribution in [0.3, 0.4) is 0 Å². The summed E-state index contributed by atoms with van der Waals surface area (Å²) < 4.78 is 0. The first-order valence-corrected chi connectivity index (χ1v) is 7.50. The first-order valence-electron chi connectivity index (χ1n) is 7.50. The van der Waals surface area contributed by atoms with Gasteiger partial charge in [0.1, 0.15) is 17.5 Å². The van der Waals surface area contributed by atoms with Crippen LogP contribution in [0.15, 0.2) is 6.07 Å². The van der Waals surface area contributed by atoms with Gasteiger partial charge in [-0.3, -0.25) is 0 Å². The number of hydrogen-bond acceptors (Lipinski definition) is 6. The van der Waals surface area contributed by atoms with Gasteiger partial charge in [-0.1, -0.05) is 19.3 Å². The number of nitrogens with two attached hydrogens (primary N) is 1. The fourth-order valence-corrected chi connectivity index (χ4v) is 2.80. The smallest absolute Gasteiger partial charge is 0.145 e. The van der Waals surface area contributed by atoms with Crippen molar-refractivity contribution in [3.63, 3.8) is 0 Å². The van der Waals surface area contributed by atoms with Crippen LogP contribution in [0.5, 0.6) is 0 Å². The molecule has 0 spiro atoms. The average Bonchev–Trinajstić information content (AvgIpc) is 3.30. The monoisotopic (exact) mass is 277 g/mol. The highest BCUT2D eigenvalue weighted by molar-refractivity contribution is 5.47. The van der Waals surface area contributed by atoms with Gasteiger partial charge in [0.15, 0.2) is 0 Å². The first-order chi connectivity index (χ1) is 9.68. The topological polar surface area (TPSA) is 96.1 Å². The third-order valence-corrected chi connectivity index (χ3v) is 4.22. The van der Waals surface area contributed by atoms with Gasteiger partial charge in [0.05, 0.1) is 5.60 Å². The largest absolute Gasteiger partial charge is 0.388 e. The molecule has 5 N–H and O–H groups in total. The lowest BCUT2D eigenvalue weighted by atomic mass is 9.85. The molecule has 110 valence electrons. The number of hydrogen-bond donors (Lipinski definition) is 4. The lowest BCUT2D eigenvalue weighted by Crippen LogP contribution is -2.39. The Kier molecular flexibility index (Phi) is 3.76. The molecule has 2 aliphatic carbocycles. The fraction of sp³-hybridized carbons (Fsp3) is 0.714. The van der Waals surface area contributed by atoms with Crippen LogP contribution in [0.4, 0.5) is 11.6 Å². The van der Waals surface area contributed by atoms with Crippen molar-refractivity contribution in [2.24, 2.45) is 5.84 Å². The van der Waals surface area contributed by atoms with E-state index in [2.05, 4.69) is 20.7 Å². The van der Waals surface area contributed by atoms with E-state index < -0.39 is 5.60 Å². The number of nitrogen functional groups attached to an aromatic ring is 1. The van der Waals surface area contributed by atoms with Crippen LogP contribution in [-0.2, 0) is 0 Å². The van der Waals surface area contributed by atoms with E-state index in [4.69, 9.17) is 5.84 Å². The summed E-state index contributed by atoms with van der Waals surface area (Å²) in [5.74, 6) is 8.14.